The molecule has 0 aliphatic heterocycles. The monoisotopic (exact) mass is 294 g/mol. The van der Waals surface area contributed by atoms with E-state index in [1.165, 1.54) is 18.0 Å². The van der Waals surface area contributed by atoms with Crippen LogP contribution in [0.1, 0.15) is 20.8 Å². The second-order valence-electron chi connectivity index (χ2n) is 3.84. The highest BCUT2D eigenvalue weighted by atomic mass is 32.2. The molecule has 0 saturated carbocycles. The molecule has 0 aliphatic rings. The van der Waals surface area contributed by atoms with Gasteiger partial charge in [-0.25, -0.2) is 4.98 Å². The molecular formula is C12H18N6OS. The lowest BCUT2D eigenvalue weighted by Gasteiger charge is -2.19. The van der Waals surface area contributed by atoms with Crippen molar-refractivity contribution in [2.24, 2.45) is 0 Å². The van der Waals surface area contributed by atoms with E-state index in [9.17, 15) is 0 Å². The predicted octanol–water partition coefficient (Wildman–Crippen LogP) is 2.29. The Morgan fingerprint density at radius 2 is 2.00 bits per heavy atom. The molecule has 20 heavy (non-hydrogen) atoms. The zero-order chi connectivity index (χ0) is 14.4. The Hall–Kier alpha value is -1.83. The molecule has 0 bridgehead atoms. The minimum absolute atomic E-state index is 0.518. The molecule has 0 amide bonds. The minimum atomic E-state index is 0.518. The van der Waals surface area contributed by atoms with Crippen molar-refractivity contribution in [2.75, 3.05) is 29.9 Å². The van der Waals surface area contributed by atoms with Crippen LogP contribution in [0.4, 0.5) is 11.9 Å². The van der Waals surface area contributed by atoms with Crippen LogP contribution in [-0.4, -0.2) is 39.6 Å². The van der Waals surface area contributed by atoms with Gasteiger partial charge in [-0.1, -0.05) is 0 Å². The Morgan fingerprint density at radius 3 is 2.60 bits per heavy atom. The molecule has 8 heteroatoms. The molecule has 7 nitrogen and oxygen atoms in total. The first-order chi connectivity index (χ1) is 9.76. The van der Waals surface area contributed by atoms with Gasteiger partial charge in [-0.15, -0.1) is 0 Å². The maximum absolute atomic E-state index is 5.21. The second kappa shape index (κ2) is 7.09. The van der Waals surface area contributed by atoms with Crippen molar-refractivity contribution in [3.63, 3.8) is 0 Å². The van der Waals surface area contributed by atoms with Crippen LogP contribution in [0.15, 0.2) is 27.3 Å². The molecule has 0 aromatic carbocycles. The topological polar surface area (TPSA) is 80.0 Å². The minimum Gasteiger partial charge on any atom is -0.440 e. The summed E-state index contributed by atoms with van der Waals surface area (Å²) in [6, 6.07) is 0. The average molecular weight is 294 g/mol. The number of aromatic nitrogens is 4. The Morgan fingerprint density at radius 1 is 1.20 bits per heavy atom. The van der Waals surface area contributed by atoms with E-state index in [2.05, 4.69) is 44.0 Å². The fourth-order valence-electron chi connectivity index (χ4n) is 1.62. The molecule has 2 rings (SSSR count). The van der Waals surface area contributed by atoms with E-state index < -0.39 is 0 Å². The largest absolute Gasteiger partial charge is 0.440 e. The maximum atomic E-state index is 5.21. The van der Waals surface area contributed by atoms with Crippen LogP contribution in [0.5, 0.6) is 0 Å². The van der Waals surface area contributed by atoms with Gasteiger partial charge in [0.1, 0.15) is 6.26 Å². The molecule has 0 saturated heterocycles. The summed E-state index contributed by atoms with van der Waals surface area (Å²) in [5.74, 6) is 1.23. The van der Waals surface area contributed by atoms with Gasteiger partial charge in [0, 0.05) is 31.4 Å². The zero-order valence-corrected chi connectivity index (χ0v) is 12.6. The fraction of sp³-hybridized carbons (Fsp3) is 0.500. The zero-order valence-electron chi connectivity index (χ0n) is 11.8. The Bertz CT molecular complexity index is 529. The van der Waals surface area contributed by atoms with Crippen molar-refractivity contribution in [1.82, 2.24) is 19.9 Å². The lowest BCUT2D eigenvalue weighted by atomic mass is 10.5. The van der Waals surface area contributed by atoms with Crippen molar-refractivity contribution in [2.45, 2.75) is 31.2 Å². The number of anilines is 2. The van der Waals surface area contributed by atoms with Crippen molar-refractivity contribution in [1.29, 1.82) is 0 Å². The summed E-state index contributed by atoms with van der Waals surface area (Å²) in [6.07, 6.45) is 3.13. The highest BCUT2D eigenvalue weighted by Crippen LogP contribution is 2.25. The predicted molar refractivity (Wildman–Crippen MR) is 78.2 cm³/mol. The van der Waals surface area contributed by atoms with Crippen LogP contribution in [0, 0.1) is 0 Å². The first kappa shape index (κ1) is 14.6. The van der Waals surface area contributed by atoms with E-state index in [0.717, 1.165) is 19.6 Å². The van der Waals surface area contributed by atoms with Gasteiger partial charge in [-0.2, -0.15) is 15.0 Å². The van der Waals surface area contributed by atoms with Crippen molar-refractivity contribution in [3.8, 4) is 0 Å². The molecule has 2 aromatic heterocycles. The first-order valence-corrected chi connectivity index (χ1v) is 7.40. The van der Waals surface area contributed by atoms with Crippen molar-refractivity contribution < 1.29 is 4.42 Å². The standard InChI is InChI=1S/C12H18N6OS/c1-4-13-9-15-10(18(5-2)6-3)17-11(16-9)20-12-14-7-8-19-12/h7-8H,4-6H2,1-3H3,(H,13,15,16,17). The highest BCUT2D eigenvalue weighted by molar-refractivity contribution is 7.98. The number of oxazole rings is 1. The molecule has 0 fully saturated rings. The second-order valence-corrected chi connectivity index (χ2v) is 4.76. The van der Waals surface area contributed by atoms with E-state index in [-0.39, 0.29) is 0 Å². The molecule has 0 unspecified atom stereocenters. The molecule has 1 N–H and O–H groups in total. The smallest absolute Gasteiger partial charge is 0.263 e. The summed E-state index contributed by atoms with van der Waals surface area (Å²) in [5.41, 5.74) is 0. The van der Waals surface area contributed by atoms with Crippen LogP contribution in [0.25, 0.3) is 0 Å². The van der Waals surface area contributed by atoms with Crippen LogP contribution in [-0.2, 0) is 0 Å². The Labute approximate surface area is 122 Å². The van der Waals surface area contributed by atoms with Gasteiger partial charge in [-0.3, -0.25) is 0 Å². The van der Waals surface area contributed by atoms with Gasteiger partial charge in [-0.05, 0) is 20.8 Å². The number of hydrogen-bond donors (Lipinski definition) is 1. The summed E-state index contributed by atoms with van der Waals surface area (Å²) in [7, 11) is 0. The summed E-state index contributed by atoms with van der Waals surface area (Å²) >= 11 is 1.28. The van der Waals surface area contributed by atoms with Crippen molar-refractivity contribution >= 4 is 23.7 Å². The lowest BCUT2D eigenvalue weighted by molar-refractivity contribution is 0.453. The highest BCUT2D eigenvalue weighted by Gasteiger charge is 2.13. The SMILES string of the molecule is CCNc1nc(Sc2ncco2)nc(N(CC)CC)n1. The molecular weight excluding hydrogens is 276 g/mol. The summed E-state index contributed by atoms with van der Waals surface area (Å²) in [6.45, 7) is 8.58. The summed E-state index contributed by atoms with van der Waals surface area (Å²) in [4.78, 5) is 19.4. The quantitative estimate of drug-likeness (QED) is 0.833. The van der Waals surface area contributed by atoms with E-state index >= 15 is 0 Å². The lowest BCUT2D eigenvalue weighted by Crippen LogP contribution is -2.25. The third kappa shape index (κ3) is 3.60. The maximum Gasteiger partial charge on any atom is 0.263 e. The Balaban J connectivity index is 2.29. The van der Waals surface area contributed by atoms with Crippen molar-refractivity contribution in [3.05, 3.63) is 12.5 Å². The van der Waals surface area contributed by atoms with Gasteiger partial charge in [0.25, 0.3) is 5.22 Å². The van der Waals surface area contributed by atoms with E-state index in [0.29, 0.717) is 22.3 Å². The number of nitrogens with one attached hydrogen (secondary N) is 1. The third-order valence-electron chi connectivity index (χ3n) is 2.57. The normalized spacial score (nSPS) is 10.6. The number of nitrogens with zero attached hydrogens (tertiary/aromatic N) is 5. The van der Waals surface area contributed by atoms with Crippen LogP contribution in [0.3, 0.4) is 0 Å². The van der Waals surface area contributed by atoms with Gasteiger partial charge >= 0.3 is 0 Å². The molecule has 2 aromatic rings. The molecule has 0 spiro atoms. The van der Waals surface area contributed by atoms with Crippen LogP contribution in [0.2, 0.25) is 0 Å². The molecule has 0 aliphatic carbocycles. The third-order valence-corrected chi connectivity index (χ3v) is 3.31. The average Bonchev–Trinajstić information content (AvgIpc) is 2.93. The van der Waals surface area contributed by atoms with Crippen LogP contribution >= 0.6 is 11.8 Å². The van der Waals surface area contributed by atoms with E-state index in [4.69, 9.17) is 4.42 Å². The van der Waals surface area contributed by atoms with Gasteiger partial charge < -0.3 is 14.6 Å². The molecule has 108 valence electrons. The summed E-state index contributed by atoms with van der Waals surface area (Å²) < 4.78 is 5.21. The van der Waals surface area contributed by atoms with Crippen LogP contribution < -0.4 is 10.2 Å². The number of rotatable bonds is 7. The van der Waals surface area contributed by atoms with Gasteiger partial charge in [0.05, 0.1) is 6.20 Å². The molecule has 0 radical (unpaired) electrons. The van der Waals surface area contributed by atoms with Gasteiger partial charge in [0.2, 0.25) is 17.1 Å². The van der Waals surface area contributed by atoms with Gasteiger partial charge in [0.15, 0.2) is 0 Å². The van der Waals surface area contributed by atoms with E-state index in [1.807, 2.05) is 6.92 Å². The summed E-state index contributed by atoms with van der Waals surface area (Å²) in [5, 5.41) is 4.21. The fourth-order valence-corrected chi connectivity index (χ4v) is 2.25. The molecule has 0 atom stereocenters. The first-order valence-electron chi connectivity index (χ1n) is 6.59. The Kier molecular flexibility index (Phi) is 5.16. The molecule has 2 heterocycles. The van der Waals surface area contributed by atoms with E-state index in [1.54, 1.807) is 6.20 Å². The number of hydrogen-bond acceptors (Lipinski definition) is 8.